The summed E-state index contributed by atoms with van der Waals surface area (Å²) in [5.41, 5.74) is 3.07. The van der Waals surface area contributed by atoms with Crippen molar-refractivity contribution in [2.75, 3.05) is 64.5 Å². The number of morpholine rings is 1. The van der Waals surface area contributed by atoms with Crippen LogP contribution in [0.25, 0.3) is 0 Å². The second kappa shape index (κ2) is 10.8. The summed E-state index contributed by atoms with van der Waals surface area (Å²) in [6, 6.07) is 12.1. The minimum absolute atomic E-state index is 0.0304. The lowest BCUT2D eigenvalue weighted by atomic mass is 9.83. The maximum atomic E-state index is 13.5. The number of nitrogens with one attached hydrogen (secondary N) is 1. The molecule has 36 heavy (non-hydrogen) atoms. The molecular formula is C27H33FN4O4. The number of piperazine rings is 1. The molecule has 2 fully saturated rings. The summed E-state index contributed by atoms with van der Waals surface area (Å²) in [6.45, 7) is 5.20. The zero-order valence-electron chi connectivity index (χ0n) is 20.6. The molecule has 8 nitrogen and oxygen atoms in total. The Morgan fingerprint density at radius 1 is 1.08 bits per heavy atom. The Kier molecular flexibility index (Phi) is 7.38. The third kappa shape index (κ3) is 5.32. The SMILES string of the molecule is COc1ccc2c(c1)N1CCN(CC(=O)N3CCOCC3)C[C@H]1[C@@H](C(=O)NCc1ccc(F)cc1)C2. The van der Waals surface area contributed by atoms with E-state index in [1.54, 1.807) is 19.2 Å². The highest BCUT2D eigenvalue weighted by Crippen LogP contribution is 2.38. The number of methoxy groups -OCH3 is 1. The monoisotopic (exact) mass is 496 g/mol. The number of anilines is 1. The van der Waals surface area contributed by atoms with Crippen molar-refractivity contribution in [3.05, 3.63) is 59.4 Å². The minimum atomic E-state index is -0.297. The van der Waals surface area contributed by atoms with Crippen molar-refractivity contribution in [1.29, 1.82) is 0 Å². The maximum Gasteiger partial charge on any atom is 0.236 e. The summed E-state index contributed by atoms with van der Waals surface area (Å²) >= 11 is 0. The van der Waals surface area contributed by atoms with Crippen LogP contribution in [0, 0.1) is 11.7 Å². The van der Waals surface area contributed by atoms with E-state index in [-0.39, 0.29) is 29.6 Å². The van der Waals surface area contributed by atoms with E-state index in [4.69, 9.17) is 9.47 Å². The Labute approximate surface area is 210 Å². The number of nitrogens with zero attached hydrogens (tertiary/aromatic N) is 3. The number of carbonyl (C=O) groups is 2. The van der Waals surface area contributed by atoms with E-state index in [2.05, 4.69) is 15.1 Å². The largest absolute Gasteiger partial charge is 0.497 e. The van der Waals surface area contributed by atoms with Gasteiger partial charge in [-0.25, -0.2) is 4.39 Å². The van der Waals surface area contributed by atoms with E-state index >= 15 is 0 Å². The summed E-state index contributed by atoms with van der Waals surface area (Å²) in [4.78, 5) is 32.7. The molecule has 3 heterocycles. The van der Waals surface area contributed by atoms with E-state index in [1.165, 1.54) is 12.1 Å². The van der Waals surface area contributed by atoms with Crippen LogP contribution >= 0.6 is 0 Å². The highest BCUT2D eigenvalue weighted by Gasteiger charge is 2.42. The van der Waals surface area contributed by atoms with Gasteiger partial charge in [-0.1, -0.05) is 18.2 Å². The molecular weight excluding hydrogens is 463 g/mol. The lowest BCUT2D eigenvalue weighted by molar-refractivity contribution is -0.136. The first kappa shape index (κ1) is 24.5. The van der Waals surface area contributed by atoms with E-state index in [9.17, 15) is 14.0 Å². The molecule has 0 aliphatic carbocycles. The number of halogens is 1. The molecule has 2 amide bonds. The molecule has 2 saturated heterocycles. The summed E-state index contributed by atoms with van der Waals surface area (Å²) in [6.07, 6.45) is 0.612. The highest BCUT2D eigenvalue weighted by atomic mass is 19.1. The van der Waals surface area contributed by atoms with Crippen LogP contribution in [0.5, 0.6) is 5.75 Å². The molecule has 0 spiro atoms. The highest BCUT2D eigenvalue weighted by molar-refractivity contribution is 5.82. The van der Waals surface area contributed by atoms with Gasteiger partial charge in [0.25, 0.3) is 0 Å². The topological polar surface area (TPSA) is 74.3 Å². The molecule has 1 N–H and O–H groups in total. The summed E-state index contributed by atoms with van der Waals surface area (Å²) in [7, 11) is 1.66. The Morgan fingerprint density at radius 2 is 1.86 bits per heavy atom. The fraction of sp³-hybridized carbons (Fsp3) is 0.481. The number of ether oxygens (including phenoxy) is 2. The van der Waals surface area contributed by atoms with Gasteiger partial charge in [0, 0.05) is 51.0 Å². The fourth-order valence-corrected chi connectivity index (χ4v) is 5.43. The third-order valence-electron chi connectivity index (χ3n) is 7.45. The van der Waals surface area contributed by atoms with Crippen molar-refractivity contribution >= 4 is 17.5 Å². The lowest BCUT2D eigenvalue weighted by Crippen LogP contribution is -2.62. The van der Waals surface area contributed by atoms with Crippen LogP contribution < -0.4 is 15.0 Å². The van der Waals surface area contributed by atoms with Crippen molar-refractivity contribution in [2.45, 2.75) is 19.0 Å². The van der Waals surface area contributed by atoms with E-state index in [0.717, 1.165) is 35.7 Å². The van der Waals surface area contributed by atoms with Crippen LogP contribution in [0.15, 0.2) is 42.5 Å². The first-order valence-corrected chi connectivity index (χ1v) is 12.6. The predicted molar refractivity (Wildman–Crippen MR) is 133 cm³/mol. The molecule has 5 rings (SSSR count). The van der Waals surface area contributed by atoms with Crippen molar-refractivity contribution < 1.29 is 23.5 Å². The number of hydrogen-bond donors (Lipinski definition) is 1. The average molecular weight is 497 g/mol. The van der Waals surface area contributed by atoms with Gasteiger partial charge in [0.05, 0.1) is 38.8 Å². The maximum absolute atomic E-state index is 13.5. The molecule has 0 aromatic heterocycles. The smallest absolute Gasteiger partial charge is 0.236 e. The zero-order chi connectivity index (χ0) is 25.1. The molecule has 3 aliphatic rings. The van der Waals surface area contributed by atoms with Crippen molar-refractivity contribution in [3.8, 4) is 5.75 Å². The van der Waals surface area contributed by atoms with Gasteiger partial charge < -0.3 is 24.6 Å². The number of fused-ring (bicyclic) bond motifs is 3. The molecule has 3 aliphatic heterocycles. The fourth-order valence-electron chi connectivity index (χ4n) is 5.43. The third-order valence-corrected chi connectivity index (χ3v) is 7.45. The average Bonchev–Trinajstić information content (AvgIpc) is 2.92. The van der Waals surface area contributed by atoms with Crippen LogP contribution in [-0.2, 0) is 27.3 Å². The van der Waals surface area contributed by atoms with Gasteiger partial charge in [0.15, 0.2) is 0 Å². The number of hydrogen-bond acceptors (Lipinski definition) is 6. The molecule has 2 aromatic rings. The van der Waals surface area contributed by atoms with Crippen LogP contribution in [0.1, 0.15) is 11.1 Å². The predicted octanol–water partition coefficient (Wildman–Crippen LogP) is 1.67. The van der Waals surface area contributed by atoms with E-state index in [1.807, 2.05) is 23.1 Å². The van der Waals surface area contributed by atoms with Gasteiger partial charge in [-0.15, -0.1) is 0 Å². The Hall–Kier alpha value is -3.17. The lowest BCUT2D eigenvalue weighted by Gasteiger charge is -2.49. The zero-order valence-corrected chi connectivity index (χ0v) is 20.6. The number of amides is 2. The molecule has 192 valence electrons. The van der Waals surface area contributed by atoms with Crippen LogP contribution in [0.4, 0.5) is 10.1 Å². The van der Waals surface area contributed by atoms with Gasteiger partial charge in [-0.05, 0) is 35.7 Å². The second-order valence-electron chi connectivity index (χ2n) is 9.64. The van der Waals surface area contributed by atoms with Crippen molar-refractivity contribution in [3.63, 3.8) is 0 Å². The summed E-state index contributed by atoms with van der Waals surface area (Å²) in [5.74, 6) is 0.303. The molecule has 0 bridgehead atoms. The molecule has 0 radical (unpaired) electrons. The number of benzene rings is 2. The van der Waals surface area contributed by atoms with Gasteiger partial charge in [-0.2, -0.15) is 0 Å². The standard InChI is InChI=1S/C27H33FN4O4/c1-35-22-7-4-20-14-23(27(34)29-16-19-2-5-21(28)6-3-19)25-17-30(8-9-32(25)24(20)15-22)18-26(33)31-10-12-36-13-11-31/h2-7,15,23,25H,8-14,16-18H2,1H3,(H,29,34)/t23-,25-/m0/s1. The van der Waals surface area contributed by atoms with E-state index < -0.39 is 0 Å². The number of carbonyl (C=O) groups excluding carboxylic acids is 2. The molecule has 9 heteroatoms. The second-order valence-corrected chi connectivity index (χ2v) is 9.64. The molecule has 0 saturated carbocycles. The quantitative estimate of drug-likeness (QED) is 0.656. The number of rotatable bonds is 6. The summed E-state index contributed by atoms with van der Waals surface area (Å²) in [5, 5.41) is 3.06. The van der Waals surface area contributed by atoms with Gasteiger partial charge >= 0.3 is 0 Å². The first-order chi connectivity index (χ1) is 17.5. The normalized spacial score (nSPS) is 21.9. The summed E-state index contributed by atoms with van der Waals surface area (Å²) < 4.78 is 24.1. The molecule has 2 aromatic carbocycles. The van der Waals surface area contributed by atoms with Crippen molar-refractivity contribution in [1.82, 2.24) is 15.1 Å². The Morgan fingerprint density at radius 3 is 2.61 bits per heavy atom. The first-order valence-electron chi connectivity index (χ1n) is 12.6. The molecule has 2 atom stereocenters. The van der Waals surface area contributed by atoms with Gasteiger partial charge in [0.1, 0.15) is 11.6 Å². The molecule has 0 unspecified atom stereocenters. The van der Waals surface area contributed by atoms with Gasteiger partial charge in [-0.3, -0.25) is 14.5 Å². The van der Waals surface area contributed by atoms with Gasteiger partial charge in [0.2, 0.25) is 11.8 Å². The van der Waals surface area contributed by atoms with E-state index in [0.29, 0.717) is 52.4 Å². The minimum Gasteiger partial charge on any atom is -0.497 e. The Balaban J connectivity index is 1.32. The Bertz CT molecular complexity index is 1090. The van der Waals surface area contributed by atoms with Crippen molar-refractivity contribution in [2.24, 2.45) is 5.92 Å². The van der Waals surface area contributed by atoms with Crippen LogP contribution in [0.3, 0.4) is 0 Å². The van der Waals surface area contributed by atoms with Crippen LogP contribution in [0.2, 0.25) is 0 Å². The van der Waals surface area contributed by atoms with Crippen LogP contribution in [-0.4, -0.2) is 87.2 Å².